The number of carboxylic acids is 1. The van der Waals surface area contributed by atoms with Crippen LogP contribution in [0.1, 0.15) is 35.7 Å². The molecule has 1 aromatic carbocycles. The van der Waals surface area contributed by atoms with E-state index in [4.69, 9.17) is 14.6 Å². The number of amides is 1. The zero-order valence-electron chi connectivity index (χ0n) is 16.9. The van der Waals surface area contributed by atoms with Gasteiger partial charge in [-0.25, -0.2) is 0 Å². The molecule has 28 heavy (non-hydrogen) atoms. The molecule has 1 aliphatic heterocycles. The van der Waals surface area contributed by atoms with Gasteiger partial charge in [0.25, 0.3) is 5.91 Å². The third-order valence-electron chi connectivity index (χ3n) is 5.18. The highest BCUT2D eigenvalue weighted by molar-refractivity contribution is 5.95. The molecule has 1 amide bonds. The van der Waals surface area contributed by atoms with Gasteiger partial charge in [-0.05, 0) is 37.9 Å². The molecule has 0 bridgehead atoms. The van der Waals surface area contributed by atoms with E-state index < -0.39 is 5.97 Å². The van der Waals surface area contributed by atoms with Gasteiger partial charge in [0.2, 0.25) is 0 Å². The van der Waals surface area contributed by atoms with Crippen LogP contribution in [0.2, 0.25) is 0 Å². The summed E-state index contributed by atoms with van der Waals surface area (Å²) in [6, 6.07) is 3.73. The Hall–Kier alpha value is -2.54. The molecular formula is C21H30N2O5. The van der Waals surface area contributed by atoms with Crippen LogP contribution in [0.5, 0.6) is 11.5 Å². The summed E-state index contributed by atoms with van der Waals surface area (Å²) in [6.07, 6.45) is 3.86. The van der Waals surface area contributed by atoms with Crippen LogP contribution in [-0.2, 0) is 11.2 Å². The number of carboxylic acid groups (broad SMARTS) is 1. The second-order valence-corrected chi connectivity index (χ2v) is 6.84. The van der Waals surface area contributed by atoms with Crippen molar-refractivity contribution in [1.82, 2.24) is 9.80 Å². The highest BCUT2D eigenvalue weighted by Gasteiger charge is 2.28. The molecule has 1 aromatic rings. The predicted molar refractivity (Wildman–Crippen MR) is 107 cm³/mol. The molecule has 1 saturated heterocycles. The number of rotatable bonds is 9. The van der Waals surface area contributed by atoms with Crippen LogP contribution < -0.4 is 9.47 Å². The second-order valence-electron chi connectivity index (χ2n) is 6.84. The van der Waals surface area contributed by atoms with Crippen molar-refractivity contribution in [2.45, 2.75) is 32.2 Å². The number of hydrogen-bond donors (Lipinski definition) is 1. The molecule has 0 unspecified atom stereocenters. The van der Waals surface area contributed by atoms with Crippen molar-refractivity contribution in [3.63, 3.8) is 0 Å². The van der Waals surface area contributed by atoms with Crippen LogP contribution >= 0.6 is 0 Å². The number of likely N-dealkylation sites (N-methyl/N-ethyl adjacent to an activating group) is 1. The number of aliphatic carboxylic acids is 1. The van der Waals surface area contributed by atoms with Gasteiger partial charge in [0.05, 0.1) is 20.8 Å². The number of benzene rings is 1. The fourth-order valence-corrected chi connectivity index (χ4v) is 3.76. The Morgan fingerprint density at radius 1 is 1.29 bits per heavy atom. The molecule has 0 aromatic heterocycles. The topological polar surface area (TPSA) is 79.3 Å². The highest BCUT2D eigenvalue weighted by Crippen LogP contribution is 2.34. The van der Waals surface area contributed by atoms with E-state index in [1.807, 2.05) is 22.8 Å². The lowest BCUT2D eigenvalue weighted by Gasteiger charge is -2.37. The van der Waals surface area contributed by atoms with Crippen LogP contribution in [0.25, 0.3) is 0 Å². The summed E-state index contributed by atoms with van der Waals surface area (Å²) in [5.74, 6) is 0.273. The minimum atomic E-state index is -0.819. The monoisotopic (exact) mass is 390 g/mol. The highest BCUT2D eigenvalue weighted by atomic mass is 16.5. The Kier molecular flexibility index (Phi) is 7.87. The summed E-state index contributed by atoms with van der Waals surface area (Å²) in [5.41, 5.74) is 1.42. The lowest BCUT2D eigenvalue weighted by molar-refractivity contribution is -0.139. The lowest BCUT2D eigenvalue weighted by atomic mass is 10.0. The van der Waals surface area contributed by atoms with E-state index in [0.29, 0.717) is 43.1 Å². The van der Waals surface area contributed by atoms with Gasteiger partial charge in [-0.3, -0.25) is 14.5 Å². The zero-order chi connectivity index (χ0) is 20.7. The SMILES string of the molecule is C=CCc1cc(C(=O)N2CCC(N(CC)CC(=O)O)CC2)cc(OC)c1OC. The predicted octanol–water partition coefficient (Wildman–Crippen LogP) is 2.44. The number of ether oxygens (including phenoxy) is 2. The molecule has 7 heteroatoms. The molecule has 0 spiro atoms. The number of nitrogens with zero attached hydrogens (tertiary/aromatic N) is 2. The number of likely N-dealkylation sites (tertiary alicyclic amines) is 1. The number of allylic oxidation sites excluding steroid dienone is 1. The molecule has 1 heterocycles. The molecule has 154 valence electrons. The number of carbonyl (C=O) groups is 2. The summed E-state index contributed by atoms with van der Waals surface area (Å²) in [6.45, 7) is 7.66. The van der Waals surface area contributed by atoms with Crippen molar-refractivity contribution in [2.75, 3.05) is 40.4 Å². The Balaban J connectivity index is 2.13. The zero-order valence-corrected chi connectivity index (χ0v) is 16.9. The number of methoxy groups -OCH3 is 2. The van der Waals surface area contributed by atoms with Gasteiger partial charge in [-0.15, -0.1) is 6.58 Å². The molecule has 0 saturated carbocycles. The van der Waals surface area contributed by atoms with E-state index in [-0.39, 0.29) is 18.5 Å². The van der Waals surface area contributed by atoms with E-state index >= 15 is 0 Å². The molecule has 0 aliphatic carbocycles. The van der Waals surface area contributed by atoms with E-state index in [9.17, 15) is 9.59 Å². The third-order valence-corrected chi connectivity index (χ3v) is 5.18. The van der Waals surface area contributed by atoms with Crippen molar-refractivity contribution < 1.29 is 24.2 Å². The van der Waals surface area contributed by atoms with Crippen LogP contribution in [0.3, 0.4) is 0 Å². The maximum absolute atomic E-state index is 13.0. The van der Waals surface area contributed by atoms with Crippen LogP contribution in [0, 0.1) is 0 Å². The summed E-state index contributed by atoms with van der Waals surface area (Å²) in [4.78, 5) is 27.9. The first-order valence-electron chi connectivity index (χ1n) is 9.56. The van der Waals surface area contributed by atoms with Crippen molar-refractivity contribution in [3.05, 3.63) is 35.9 Å². The fourth-order valence-electron chi connectivity index (χ4n) is 3.76. The lowest BCUT2D eigenvalue weighted by Crippen LogP contribution is -2.48. The maximum atomic E-state index is 13.0. The summed E-state index contributed by atoms with van der Waals surface area (Å²) in [7, 11) is 3.13. The fraction of sp³-hybridized carbons (Fsp3) is 0.524. The molecule has 1 aliphatic rings. The maximum Gasteiger partial charge on any atom is 0.317 e. The molecule has 1 N–H and O–H groups in total. The van der Waals surface area contributed by atoms with Crippen molar-refractivity contribution in [2.24, 2.45) is 0 Å². The van der Waals surface area contributed by atoms with Crippen molar-refractivity contribution in [1.29, 1.82) is 0 Å². The van der Waals surface area contributed by atoms with Gasteiger partial charge in [-0.2, -0.15) is 0 Å². The first kappa shape index (κ1) is 21.8. The number of carbonyl (C=O) groups excluding carboxylic acids is 1. The Bertz CT molecular complexity index is 711. The first-order valence-corrected chi connectivity index (χ1v) is 9.56. The van der Waals surface area contributed by atoms with Crippen LogP contribution in [-0.4, -0.2) is 73.2 Å². The molecule has 0 atom stereocenters. The van der Waals surface area contributed by atoms with E-state index in [1.165, 1.54) is 0 Å². The van der Waals surface area contributed by atoms with Crippen molar-refractivity contribution >= 4 is 11.9 Å². The average Bonchev–Trinajstić information content (AvgIpc) is 2.71. The van der Waals surface area contributed by atoms with Gasteiger partial charge in [0.15, 0.2) is 11.5 Å². The second kappa shape index (κ2) is 10.1. The Morgan fingerprint density at radius 2 is 1.96 bits per heavy atom. The van der Waals surface area contributed by atoms with Crippen LogP contribution in [0.4, 0.5) is 0 Å². The smallest absolute Gasteiger partial charge is 0.317 e. The average molecular weight is 390 g/mol. The number of hydrogen-bond acceptors (Lipinski definition) is 5. The molecule has 2 rings (SSSR count). The molecular weight excluding hydrogens is 360 g/mol. The number of piperidine rings is 1. The van der Waals surface area contributed by atoms with E-state index in [2.05, 4.69) is 6.58 Å². The third kappa shape index (κ3) is 5.04. The standard InChI is InChI=1S/C21H30N2O5/c1-5-7-15-12-16(13-18(27-3)20(15)28-4)21(26)23-10-8-17(9-11-23)22(6-2)14-19(24)25/h5,12-13,17H,1,6-11,14H2,2-4H3,(H,24,25). The normalized spacial score (nSPS) is 14.8. The quantitative estimate of drug-likeness (QED) is 0.653. The molecule has 7 nitrogen and oxygen atoms in total. The Morgan fingerprint density at radius 3 is 2.46 bits per heavy atom. The van der Waals surface area contributed by atoms with Gasteiger partial charge in [0.1, 0.15) is 0 Å². The summed E-state index contributed by atoms with van der Waals surface area (Å²) in [5, 5.41) is 9.06. The van der Waals surface area contributed by atoms with Crippen molar-refractivity contribution in [3.8, 4) is 11.5 Å². The minimum Gasteiger partial charge on any atom is -0.493 e. The van der Waals surface area contributed by atoms with E-state index in [0.717, 1.165) is 18.4 Å². The summed E-state index contributed by atoms with van der Waals surface area (Å²) >= 11 is 0. The first-order chi connectivity index (χ1) is 13.4. The Labute approximate surface area is 166 Å². The van der Waals surface area contributed by atoms with Gasteiger partial charge < -0.3 is 19.5 Å². The van der Waals surface area contributed by atoms with Gasteiger partial charge in [0, 0.05) is 30.3 Å². The van der Waals surface area contributed by atoms with Gasteiger partial charge in [-0.1, -0.05) is 13.0 Å². The minimum absolute atomic E-state index is 0.0374. The summed E-state index contributed by atoms with van der Waals surface area (Å²) < 4.78 is 10.8. The van der Waals surface area contributed by atoms with Gasteiger partial charge >= 0.3 is 5.97 Å². The molecule has 1 fully saturated rings. The largest absolute Gasteiger partial charge is 0.493 e. The van der Waals surface area contributed by atoms with E-state index in [1.54, 1.807) is 26.4 Å². The molecule has 0 radical (unpaired) electrons. The van der Waals surface area contributed by atoms with Crippen LogP contribution in [0.15, 0.2) is 24.8 Å².